The van der Waals surface area contributed by atoms with E-state index in [0.29, 0.717) is 27.8 Å². The molecule has 0 saturated heterocycles. The Kier molecular flexibility index (Phi) is 4.52. The number of nitrogen functional groups attached to an aromatic ring is 1. The molecule has 104 valence electrons. The Labute approximate surface area is 130 Å². The molecule has 0 unspecified atom stereocenters. The molecule has 2 rings (SSSR count). The summed E-state index contributed by atoms with van der Waals surface area (Å²) in [5, 5.41) is 8.06. The summed E-state index contributed by atoms with van der Waals surface area (Å²) in [7, 11) is 1.59. The molecule has 2 aromatic carbocycles. The van der Waals surface area contributed by atoms with Crippen LogP contribution in [0.4, 0.5) is 0 Å². The predicted molar refractivity (Wildman–Crippen MR) is 83.2 cm³/mol. The summed E-state index contributed by atoms with van der Waals surface area (Å²) < 4.78 is 11.6. The fourth-order valence-electron chi connectivity index (χ4n) is 1.61. The van der Waals surface area contributed by atoms with Crippen LogP contribution in [0.15, 0.2) is 40.9 Å². The average Bonchev–Trinajstić information content (AvgIpc) is 2.40. The van der Waals surface area contributed by atoms with Crippen LogP contribution >= 0.6 is 27.5 Å². The first-order valence-electron chi connectivity index (χ1n) is 5.66. The summed E-state index contributed by atoms with van der Waals surface area (Å²) in [5.74, 6) is 1.63. The molecular weight excluding hydrogens is 344 g/mol. The molecular formula is C14H12BrClN2O2. The van der Waals surface area contributed by atoms with Gasteiger partial charge in [0.15, 0.2) is 0 Å². The van der Waals surface area contributed by atoms with Crippen LogP contribution in [-0.2, 0) is 0 Å². The van der Waals surface area contributed by atoms with E-state index in [2.05, 4.69) is 15.9 Å². The van der Waals surface area contributed by atoms with Gasteiger partial charge in [0.05, 0.1) is 17.1 Å². The van der Waals surface area contributed by atoms with Crippen molar-refractivity contribution in [2.45, 2.75) is 0 Å². The molecule has 2 aromatic rings. The van der Waals surface area contributed by atoms with Crippen LogP contribution in [0.1, 0.15) is 5.56 Å². The van der Waals surface area contributed by atoms with Crippen molar-refractivity contribution in [3.05, 3.63) is 51.5 Å². The predicted octanol–water partition coefficient (Wildman–Crippen LogP) is 4.19. The number of hydrogen-bond donors (Lipinski definition) is 2. The largest absolute Gasteiger partial charge is 0.497 e. The third-order valence-electron chi connectivity index (χ3n) is 2.59. The zero-order valence-corrected chi connectivity index (χ0v) is 13.0. The first-order chi connectivity index (χ1) is 9.51. The fourth-order valence-corrected chi connectivity index (χ4v) is 2.21. The van der Waals surface area contributed by atoms with E-state index in [0.717, 1.165) is 4.47 Å². The molecule has 20 heavy (non-hydrogen) atoms. The first-order valence-corrected chi connectivity index (χ1v) is 6.83. The number of amidine groups is 1. The van der Waals surface area contributed by atoms with Gasteiger partial charge in [-0.3, -0.25) is 5.41 Å². The van der Waals surface area contributed by atoms with Crippen molar-refractivity contribution in [3.63, 3.8) is 0 Å². The second-order valence-corrected chi connectivity index (χ2v) is 5.24. The molecule has 0 saturated carbocycles. The maximum atomic E-state index is 7.55. The normalized spacial score (nSPS) is 10.2. The number of halogens is 2. The minimum atomic E-state index is -0.0821. The van der Waals surface area contributed by atoms with Gasteiger partial charge in [-0.25, -0.2) is 0 Å². The number of nitrogens with two attached hydrogens (primary N) is 1. The lowest BCUT2D eigenvalue weighted by atomic mass is 10.2. The lowest BCUT2D eigenvalue weighted by Crippen LogP contribution is -2.12. The van der Waals surface area contributed by atoms with Gasteiger partial charge in [0.1, 0.15) is 23.1 Å². The van der Waals surface area contributed by atoms with Gasteiger partial charge >= 0.3 is 0 Å². The van der Waals surface area contributed by atoms with Crippen LogP contribution in [-0.4, -0.2) is 12.9 Å². The molecule has 6 heteroatoms. The molecule has 0 heterocycles. The van der Waals surface area contributed by atoms with E-state index < -0.39 is 0 Å². The van der Waals surface area contributed by atoms with Gasteiger partial charge in [-0.05, 0) is 46.3 Å². The summed E-state index contributed by atoms with van der Waals surface area (Å²) in [6, 6.07) is 10.2. The SMILES string of the molecule is COc1ccc(Oc2cc(Cl)ccc2C(=N)N)c(Br)c1. The van der Waals surface area contributed by atoms with E-state index in [9.17, 15) is 0 Å². The van der Waals surface area contributed by atoms with E-state index >= 15 is 0 Å². The Morgan fingerprint density at radius 2 is 1.95 bits per heavy atom. The van der Waals surface area contributed by atoms with Gasteiger partial charge in [-0.1, -0.05) is 11.6 Å². The van der Waals surface area contributed by atoms with E-state index in [4.69, 9.17) is 32.2 Å². The highest BCUT2D eigenvalue weighted by Gasteiger charge is 2.11. The molecule has 0 aromatic heterocycles. The summed E-state index contributed by atoms with van der Waals surface area (Å²) >= 11 is 9.35. The molecule has 0 atom stereocenters. The van der Waals surface area contributed by atoms with E-state index in [-0.39, 0.29) is 5.84 Å². The molecule has 0 bridgehead atoms. The van der Waals surface area contributed by atoms with E-state index in [1.165, 1.54) is 0 Å². The van der Waals surface area contributed by atoms with Gasteiger partial charge in [0.25, 0.3) is 0 Å². The Hall–Kier alpha value is -1.72. The van der Waals surface area contributed by atoms with Gasteiger partial charge in [0, 0.05) is 11.1 Å². The summed E-state index contributed by atoms with van der Waals surface area (Å²) in [6.07, 6.45) is 0. The maximum absolute atomic E-state index is 7.55. The van der Waals surface area contributed by atoms with Crippen LogP contribution in [0, 0.1) is 5.41 Å². The number of nitrogens with one attached hydrogen (secondary N) is 1. The standard InChI is InChI=1S/C14H12BrClN2O2/c1-19-9-3-5-12(11(15)7-9)20-13-6-8(16)2-4-10(13)14(17)18/h2-7H,1H3,(H3,17,18). The lowest BCUT2D eigenvalue weighted by molar-refractivity contribution is 0.412. The number of benzene rings is 2. The molecule has 3 N–H and O–H groups in total. The van der Waals surface area contributed by atoms with Gasteiger partial charge in [0.2, 0.25) is 0 Å². The maximum Gasteiger partial charge on any atom is 0.141 e. The van der Waals surface area contributed by atoms with Gasteiger partial charge in [-0.2, -0.15) is 0 Å². The van der Waals surface area contributed by atoms with Crippen LogP contribution in [0.5, 0.6) is 17.2 Å². The number of ether oxygens (including phenoxy) is 2. The first kappa shape index (κ1) is 14.7. The molecule has 0 aliphatic carbocycles. The molecule has 0 radical (unpaired) electrons. The van der Waals surface area contributed by atoms with Crippen molar-refractivity contribution in [1.82, 2.24) is 0 Å². The highest BCUT2D eigenvalue weighted by molar-refractivity contribution is 9.10. The fraction of sp³-hybridized carbons (Fsp3) is 0.0714. The van der Waals surface area contributed by atoms with Crippen LogP contribution < -0.4 is 15.2 Å². The lowest BCUT2D eigenvalue weighted by Gasteiger charge is -2.12. The smallest absolute Gasteiger partial charge is 0.141 e. The van der Waals surface area contributed by atoms with Crippen molar-refractivity contribution in [2.75, 3.05) is 7.11 Å². The average molecular weight is 356 g/mol. The van der Waals surface area contributed by atoms with Crippen molar-refractivity contribution in [2.24, 2.45) is 5.73 Å². The monoisotopic (exact) mass is 354 g/mol. The summed E-state index contributed by atoms with van der Waals surface area (Å²) in [5.41, 5.74) is 6.01. The molecule has 0 amide bonds. The Bertz CT molecular complexity index is 662. The Morgan fingerprint density at radius 1 is 1.20 bits per heavy atom. The number of methoxy groups -OCH3 is 1. The van der Waals surface area contributed by atoms with Gasteiger partial charge < -0.3 is 15.2 Å². The Morgan fingerprint density at radius 3 is 2.55 bits per heavy atom. The van der Waals surface area contributed by atoms with Crippen molar-refractivity contribution < 1.29 is 9.47 Å². The number of rotatable bonds is 4. The quantitative estimate of drug-likeness (QED) is 0.638. The highest BCUT2D eigenvalue weighted by Crippen LogP contribution is 2.35. The summed E-state index contributed by atoms with van der Waals surface area (Å²) in [4.78, 5) is 0. The zero-order valence-electron chi connectivity index (χ0n) is 10.6. The Balaban J connectivity index is 2.39. The second kappa shape index (κ2) is 6.15. The molecule has 4 nitrogen and oxygen atoms in total. The molecule has 0 fully saturated rings. The van der Waals surface area contributed by atoms with Crippen LogP contribution in [0.3, 0.4) is 0 Å². The van der Waals surface area contributed by atoms with Crippen LogP contribution in [0.25, 0.3) is 0 Å². The topological polar surface area (TPSA) is 68.3 Å². The van der Waals surface area contributed by atoms with Crippen LogP contribution in [0.2, 0.25) is 5.02 Å². The molecule has 0 spiro atoms. The van der Waals surface area contributed by atoms with Crippen molar-refractivity contribution >= 4 is 33.4 Å². The second-order valence-electron chi connectivity index (χ2n) is 3.95. The van der Waals surface area contributed by atoms with Crippen molar-refractivity contribution in [3.8, 4) is 17.2 Å². The van der Waals surface area contributed by atoms with E-state index in [1.54, 1.807) is 43.5 Å². The minimum Gasteiger partial charge on any atom is -0.497 e. The number of hydrogen-bond acceptors (Lipinski definition) is 3. The van der Waals surface area contributed by atoms with Crippen molar-refractivity contribution in [1.29, 1.82) is 5.41 Å². The van der Waals surface area contributed by atoms with E-state index in [1.807, 2.05) is 0 Å². The zero-order chi connectivity index (χ0) is 14.7. The molecule has 0 aliphatic heterocycles. The third kappa shape index (κ3) is 3.23. The molecule has 0 aliphatic rings. The minimum absolute atomic E-state index is 0.0821. The third-order valence-corrected chi connectivity index (χ3v) is 3.45. The van der Waals surface area contributed by atoms with Gasteiger partial charge in [-0.15, -0.1) is 0 Å². The highest BCUT2D eigenvalue weighted by atomic mass is 79.9. The summed E-state index contributed by atoms with van der Waals surface area (Å²) in [6.45, 7) is 0.